The van der Waals surface area contributed by atoms with Crippen LogP contribution in [0.4, 0.5) is 0 Å². The molecule has 0 aliphatic carbocycles. The van der Waals surface area contributed by atoms with E-state index in [2.05, 4.69) is 11.9 Å². The number of amides is 1. The first kappa shape index (κ1) is 11.0. The molecule has 0 rings (SSSR count). The molecule has 8 heavy (non-hydrogen) atoms. The van der Waals surface area contributed by atoms with Gasteiger partial charge in [-0.2, -0.15) is 0 Å². The molecule has 41 valence electrons. The fourth-order valence-electron chi connectivity index (χ4n) is 0.150. The summed E-state index contributed by atoms with van der Waals surface area (Å²) in [7, 11) is 0. The van der Waals surface area contributed by atoms with Gasteiger partial charge in [0.1, 0.15) is 6.73 Å². The molecule has 2 N–H and O–H groups in total. The summed E-state index contributed by atoms with van der Waals surface area (Å²) in [6, 6.07) is 0. The van der Waals surface area contributed by atoms with E-state index in [1.165, 1.54) is 0 Å². The van der Waals surface area contributed by atoms with Crippen LogP contribution < -0.4 is 5.32 Å². The normalized spacial score (nSPS) is 6.62. The predicted molar refractivity (Wildman–Crippen MR) is 31.2 cm³/mol. The minimum atomic E-state index is -0.359. The maximum Gasteiger partial charge on any atom is 0.245 e. The van der Waals surface area contributed by atoms with Crippen molar-refractivity contribution in [2.45, 2.75) is 0 Å². The second-order valence-electron chi connectivity index (χ2n) is 0.903. The molecule has 1 amide bonds. The van der Waals surface area contributed by atoms with Crippen molar-refractivity contribution in [1.29, 1.82) is 0 Å². The zero-order chi connectivity index (χ0) is 5.70. The van der Waals surface area contributed by atoms with Gasteiger partial charge in [-0.05, 0) is 6.08 Å². The van der Waals surface area contributed by atoms with Gasteiger partial charge in [-0.1, -0.05) is 6.58 Å². The molecule has 0 aromatic carbocycles. The minimum absolute atomic E-state index is 0. The van der Waals surface area contributed by atoms with Gasteiger partial charge in [0.05, 0.1) is 0 Å². The van der Waals surface area contributed by atoms with Crippen molar-refractivity contribution in [1.82, 2.24) is 5.32 Å². The van der Waals surface area contributed by atoms with E-state index in [0.717, 1.165) is 6.08 Å². The van der Waals surface area contributed by atoms with Gasteiger partial charge in [0.2, 0.25) is 5.91 Å². The Labute approximate surface area is 70.1 Å². The molecule has 0 aliphatic rings. The van der Waals surface area contributed by atoms with Gasteiger partial charge < -0.3 is 10.4 Å². The van der Waals surface area contributed by atoms with Crippen LogP contribution in [0.15, 0.2) is 12.7 Å². The van der Waals surface area contributed by atoms with Crippen LogP contribution in [0.2, 0.25) is 0 Å². The topological polar surface area (TPSA) is 49.3 Å². The molecule has 0 bridgehead atoms. The van der Waals surface area contributed by atoms with Crippen molar-refractivity contribution in [3.63, 3.8) is 0 Å². The van der Waals surface area contributed by atoms with Crippen molar-refractivity contribution in [3.05, 3.63) is 12.7 Å². The predicted octanol–water partition coefficient (Wildman–Crippen LogP) is -1.14. The smallest absolute Gasteiger partial charge is 0.245 e. The summed E-state index contributed by atoms with van der Waals surface area (Å²) in [4.78, 5) is 10.0. The quantitative estimate of drug-likeness (QED) is 0.277. The zero-order valence-corrected chi connectivity index (χ0v) is 6.85. The summed E-state index contributed by atoms with van der Waals surface area (Å²) in [6.07, 6.45) is 1.09. The Morgan fingerprint density at radius 2 is 2.38 bits per heavy atom. The Morgan fingerprint density at radius 3 is 2.50 bits per heavy atom. The number of aliphatic hydroxyl groups excluding tert-OH is 1. The van der Waals surface area contributed by atoms with Gasteiger partial charge in [-0.25, -0.2) is 0 Å². The third kappa shape index (κ3) is 6.17. The Morgan fingerprint density at radius 1 is 1.88 bits per heavy atom. The number of nitrogens with one attached hydrogen (secondary N) is 1. The number of aliphatic hydroxyl groups is 1. The summed E-state index contributed by atoms with van der Waals surface area (Å²) in [5.41, 5.74) is 0. The summed E-state index contributed by atoms with van der Waals surface area (Å²) < 4.78 is 0. The molecule has 0 unspecified atom stereocenters. The van der Waals surface area contributed by atoms with Crippen LogP contribution in [0.25, 0.3) is 0 Å². The average Bonchev–Trinajstić information content (AvgIpc) is 1.68. The molecular weight excluding hydrogens is 117 g/mol. The minimum Gasteiger partial charge on any atom is -0.376 e. The third-order valence-corrected chi connectivity index (χ3v) is 0.439. The zero-order valence-electron chi connectivity index (χ0n) is 4.85. The molecule has 0 saturated carbocycles. The molecule has 0 spiro atoms. The van der Waals surface area contributed by atoms with Crippen LogP contribution >= 0.6 is 0 Å². The van der Waals surface area contributed by atoms with Crippen molar-refractivity contribution < 1.29 is 9.90 Å². The van der Waals surface area contributed by atoms with Crippen molar-refractivity contribution in [3.8, 4) is 0 Å². The summed E-state index contributed by atoms with van der Waals surface area (Å²) in [5, 5.41) is 10.1. The van der Waals surface area contributed by atoms with Crippen LogP contribution in [0.5, 0.6) is 0 Å². The Bertz CT molecular complexity index is 84.1. The molecule has 3 nitrogen and oxygen atoms in total. The fraction of sp³-hybridized carbons (Fsp3) is 0.250. The summed E-state index contributed by atoms with van der Waals surface area (Å²) >= 11 is 0. The van der Waals surface area contributed by atoms with Gasteiger partial charge in [-0.15, -0.1) is 0 Å². The molecular formula is C4H7NNaO2. The number of hydrogen-bond acceptors (Lipinski definition) is 2. The van der Waals surface area contributed by atoms with Crippen LogP contribution in [0.1, 0.15) is 0 Å². The number of carbonyl (C=O) groups is 1. The maximum absolute atomic E-state index is 10.0. The molecule has 0 atom stereocenters. The SMILES string of the molecule is C=CC(=O)NCO.[Na]. The fourth-order valence-corrected chi connectivity index (χ4v) is 0.150. The Balaban J connectivity index is 0. The van der Waals surface area contributed by atoms with Crippen LogP contribution in [0.3, 0.4) is 0 Å². The Hall–Kier alpha value is 0.170. The van der Waals surface area contributed by atoms with Gasteiger partial charge in [0.15, 0.2) is 0 Å². The molecule has 0 aliphatic heterocycles. The van der Waals surface area contributed by atoms with Crippen molar-refractivity contribution in [2.75, 3.05) is 6.73 Å². The van der Waals surface area contributed by atoms with E-state index in [0.29, 0.717) is 0 Å². The Kier molecular flexibility index (Phi) is 9.89. The number of rotatable bonds is 2. The van der Waals surface area contributed by atoms with Crippen molar-refractivity contribution >= 4 is 35.5 Å². The van der Waals surface area contributed by atoms with Gasteiger partial charge in [-0.3, -0.25) is 4.79 Å². The molecule has 0 saturated heterocycles. The van der Waals surface area contributed by atoms with Crippen LogP contribution in [-0.2, 0) is 4.79 Å². The third-order valence-electron chi connectivity index (χ3n) is 0.439. The van der Waals surface area contributed by atoms with E-state index in [1.807, 2.05) is 0 Å². The largest absolute Gasteiger partial charge is 0.376 e. The van der Waals surface area contributed by atoms with E-state index in [-0.39, 0.29) is 42.2 Å². The van der Waals surface area contributed by atoms with Gasteiger partial charge >= 0.3 is 0 Å². The second kappa shape index (κ2) is 7.17. The average molecular weight is 124 g/mol. The number of hydrogen-bond donors (Lipinski definition) is 2. The van der Waals surface area contributed by atoms with E-state index in [1.54, 1.807) is 0 Å². The molecule has 0 aromatic heterocycles. The molecule has 0 fully saturated rings. The molecule has 0 aromatic rings. The molecule has 0 heterocycles. The van der Waals surface area contributed by atoms with Gasteiger partial charge in [0, 0.05) is 29.6 Å². The first-order valence-corrected chi connectivity index (χ1v) is 1.82. The maximum atomic E-state index is 10.0. The number of carbonyl (C=O) groups excluding carboxylic acids is 1. The van der Waals surface area contributed by atoms with E-state index >= 15 is 0 Å². The first-order valence-electron chi connectivity index (χ1n) is 1.82. The molecule has 4 heteroatoms. The standard InChI is InChI=1S/C4H7NO2.Na/c1-2-4(7)5-3-6;/h2,6H,1,3H2,(H,5,7);. The van der Waals surface area contributed by atoms with Crippen LogP contribution in [-0.4, -0.2) is 47.3 Å². The summed E-state index contributed by atoms with van der Waals surface area (Å²) in [6.45, 7) is 2.83. The van der Waals surface area contributed by atoms with E-state index in [9.17, 15) is 4.79 Å². The molecule has 1 radical (unpaired) electrons. The van der Waals surface area contributed by atoms with Crippen molar-refractivity contribution in [2.24, 2.45) is 0 Å². The monoisotopic (exact) mass is 124 g/mol. The van der Waals surface area contributed by atoms with E-state index in [4.69, 9.17) is 5.11 Å². The van der Waals surface area contributed by atoms with E-state index < -0.39 is 0 Å². The summed E-state index contributed by atoms with van der Waals surface area (Å²) in [5.74, 6) is -0.359. The van der Waals surface area contributed by atoms with Gasteiger partial charge in [0.25, 0.3) is 0 Å². The second-order valence-corrected chi connectivity index (χ2v) is 0.903. The first-order chi connectivity index (χ1) is 3.31. The van der Waals surface area contributed by atoms with Crippen LogP contribution in [0, 0.1) is 0 Å².